The Morgan fingerprint density at radius 3 is 2.54 bits per heavy atom. The van der Waals surface area contributed by atoms with Gasteiger partial charge in [0.25, 0.3) is 0 Å². The fourth-order valence-electron chi connectivity index (χ4n) is 2.79. The molecule has 2 aromatic carbocycles. The van der Waals surface area contributed by atoms with Gasteiger partial charge in [-0.05, 0) is 60.7 Å². The number of hydrogen-bond donors (Lipinski definition) is 2. The van der Waals surface area contributed by atoms with E-state index in [1.165, 1.54) is 23.3 Å². The molecule has 3 rings (SSSR count). The number of rotatable bonds is 4. The third kappa shape index (κ3) is 3.13. The molecule has 0 spiro atoms. The maximum Gasteiger partial charge on any atom is 0.336 e. The van der Waals surface area contributed by atoms with E-state index in [2.05, 4.69) is 31.3 Å². The molecule has 1 heterocycles. The van der Waals surface area contributed by atoms with Crippen LogP contribution in [-0.4, -0.2) is 5.11 Å². The minimum absolute atomic E-state index is 0.160. The zero-order chi connectivity index (χ0) is 17.3. The highest BCUT2D eigenvalue weighted by Crippen LogP contribution is 2.27. The number of phenols is 1. The lowest BCUT2D eigenvalue weighted by atomic mass is 10.0. The van der Waals surface area contributed by atoms with Gasteiger partial charge in [-0.3, -0.25) is 0 Å². The quantitative estimate of drug-likeness (QED) is 0.703. The number of phenolic OH excluding ortho intramolecular Hbond substituents is 1. The maximum atomic E-state index is 11.8. The Kier molecular flexibility index (Phi) is 4.30. The summed E-state index contributed by atoms with van der Waals surface area (Å²) in [6.45, 7) is 6.64. The molecular formula is C20H21NO3. The van der Waals surface area contributed by atoms with Crippen LogP contribution in [0.2, 0.25) is 0 Å². The van der Waals surface area contributed by atoms with Gasteiger partial charge < -0.3 is 14.8 Å². The summed E-state index contributed by atoms with van der Waals surface area (Å²) in [6.07, 6.45) is 0.713. The molecule has 24 heavy (non-hydrogen) atoms. The lowest BCUT2D eigenvalue weighted by Crippen LogP contribution is -2.06. The average molecular weight is 323 g/mol. The molecule has 0 bridgehead atoms. The van der Waals surface area contributed by atoms with Crippen molar-refractivity contribution in [1.29, 1.82) is 0 Å². The second kappa shape index (κ2) is 6.40. The van der Waals surface area contributed by atoms with Crippen LogP contribution in [0.1, 0.15) is 29.2 Å². The van der Waals surface area contributed by atoms with Crippen molar-refractivity contribution in [1.82, 2.24) is 0 Å². The molecule has 0 aliphatic rings. The SMILES string of the molecule is CCc1cc2c(CNc3ccc(C)c(C)c3)cc(=O)oc2cc1O. The Balaban J connectivity index is 1.98. The smallest absolute Gasteiger partial charge is 0.336 e. The zero-order valence-corrected chi connectivity index (χ0v) is 14.1. The number of benzene rings is 2. The first-order valence-electron chi connectivity index (χ1n) is 8.07. The van der Waals surface area contributed by atoms with Crippen molar-refractivity contribution in [3.05, 3.63) is 69.1 Å². The first kappa shape index (κ1) is 16.1. The molecule has 0 atom stereocenters. The fraction of sp³-hybridized carbons (Fsp3) is 0.250. The van der Waals surface area contributed by atoms with Gasteiger partial charge in [0.05, 0.1) is 0 Å². The molecule has 0 aliphatic heterocycles. The van der Waals surface area contributed by atoms with E-state index in [-0.39, 0.29) is 5.75 Å². The van der Waals surface area contributed by atoms with Gasteiger partial charge in [-0.15, -0.1) is 0 Å². The summed E-state index contributed by atoms with van der Waals surface area (Å²) in [5.41, 5.74) is 5.16. The average Bonchev–Trinajstić information content (AvgIpc) is 2.55. The van der Waals surface area contributed by atoms with E-state index in [9.17, 15) is 9.90 Å². The molecule has 2 N–H and O–H groups in total. The van der Waals surface area contributed by atoms with Gasteiger partial charge in [0.2, 0.25) is 0 Å². The van der Waals surface area contributed by atoms with Crippen LogP contribution < -0.4 is 10.9 Å². The van der Waals surface area contributed by atoms with E-state index in [4.69, 9.17) is 4.42 Å². The highest BCUT2D eigenvalue weighted by molar-refractivity contribution is 5.83. The summed E-state index contributed by atoms with van der Waals surface area (Å²) < 4.78 is 5.23. The van der Waals surface area contributed by atoms with E-state index in [0.29, 0.717) is 18.5 Å². The van der Waals surface area contributed by atoms with Crippen LogP contribution in [0, 0.1) is 13.8 Å². The van der Waals surface area contributed by atoms with E-state index in [1.807, 2.05) is 19.1 Å². The molecule has 0 amide bonds. The summed E-state index contributed by atoms with van der Waals surface area (Å²) in [4.78, 5) is 11.8. The number of aromatic hydroxyl groups is 1. The second-order valence-corrected chi connectivity index (χ2v) is 6.07. The van der Waals surface area contributed by atoms with Crippen molar-refractivity contribution in [2.24, 2.45) is 0 Å². The topological polar surface area (TPSA) is 62.5 Å². The van der Waals surface area contributed by atoms with E-state index >= 15 is 0 Å². The van der Waals surface area contributed by atoms with Crippen molar-refractivity contribution in [3.63, 3.8) is 0 Å². The van der Waals surface area contributed by atoms with Crippen LogP contribution in [0.4, 0.5) is 5.69 Å². The van der Waals surface area contributed by atoms with Crippen LogP contribution in [-0.2, 0) is 13.0 Å². The van der Waals surface area contributed by atoms with Gasteiger partial charge >= 0.3 is 5.63 Å². The fourth-order valence-corrected chi connectivity index (χ4v) is 2.79. The van der Waals surface area contributed by atoms with E-state index < -0.39 is 5.63 Å². The number of anilines is 1. The molecule has 1 aromatic heterocycles. The molecule has 0 fully saturated rings. The summed E-state index contributed by atoms with van der Waals surface area (Å²) in [5, 5.41) is 14.2. The third-order valence-corrected chi connectivity index (χ3v) is 4.40. The molecule has 0 radical (unpaired) electrons. The molecule has 0 saturated heterocycles. The Morgan fingerprint density at radius 1 is 1.04 bits per heavy atom. The summed E-state index contributed by atoms with van der Waals surface area (Å²) in [5.74, 6) is 0.160. The minimum atomic E-state index is -0.414. The molecule has 124 valence electrons. The largest absolute Gasteiger partial charge is 0.508 e. The predicted molar refractivity (Wildman–Crippen MR) is 96.8 cm³/mol. The molecule has 0 unspecified atom stereocenters. The number of fused-ring (bicyclic) bond motifs is 1. The number of aryl methyl sites for hydroxylation is 3. The third-order valence-electron chi connectivity index (χ3n) is 4.40. The second-order valence-electron chi connectivity index (χ2n) is 6.07. The Bertz CT molecular complexity index is 957. The lowest BCUT2D eigenvalue weighted by Gasteiger charge is -2.11. The van der Waals surface area contributed by atoms with Crippen LogP contribution in [0.5, 0.6) is 5.75 Å². The van der Waals surface area contributed by atoms with Crippen molar-refractivity contribution < 1.29 is 9.52 Å². The molecule has 0 saturated carbocycles. The van der Waals surface area contributed by atoms with Crippen molar-refractivity contribution in [3.8, 4) is 5.75 Å². The molecule has 0 aliphatic carbocycles. The highest BCUT2D eigenvalue weighted by Gasteiger charge is 2.10. The van der Waals surface area contributed by atoms with Crippen LogP contribution in [0.25, 0.3) is 11.0 Å². The van der Waals surface area contributed by atoms with E-state index in [0.717, 1.165) is 22.2 Å². The van der Waals surface area contributed by atoms with Crippen LogP contribution in [0.15, 0.2) is 45.6 Å². The highest BCUT2D eigenvalue weighted by atomic mass is 16.4. The minimum Gasteiger partial charge on any atom is -0.508 e. The molecule has 4 nitrogen and oxygen atoms in total. The van der Waals surface area contributed by atoms with Crippen molar-refractivity contribution in [2.75, 3.05) is 5.32 Å². The maximum absolute atomic E-state index is 11.8. The van der Waals surface area contributed by atoms with Gasteiger partial charge in [0.15, 0.2) is 0 Å². The summed E-state index contributed by atoms with van der Waals surface area (Å²) in [7, 11) is 0. The standard InChI is InChI=1S/C20H21NO3/c1-4-14-8-17-15(9-20(23)24-19(17)10-18(14)22)11-21-16-6-5-12(2)13(3)7-16/h5-10,21-22H,4,11H2,1-3H3. The predicted octanol–water partition coefficient (Wildman–Crippen LogP) is 4.29. The molecule has 4 heteroatoms. The zero-order valence-electron chi connectivity index (χ0n) is 14.1. The Labute approximate surface area is 140 Å². The number of nitrogens with one attached hydrogen (secondary N) is 1. The lowest BCUT2D eigenvalue weighted by molar-refractivity contribution is 0.466. The van der Waals surface area contributed by atoms with Crippen molar-refractivity contribution in [2.45, 2.75) is 33.7 Å². The monoisotopic (exact) mass is 323 g/mol. The van der Waals surface area contributed by atoms with Gasteiger partial charge in [-0.25, -0.2) is 4.79 Å². The molecule has 3 aromatic rings. The Morgan fingerprint density at radius 2 is 1.83 bits per heavy atom. The molecular weight excluding hydrogens is 302 g/mol. The normalized spacial score (nSPS) is 11.0. The van der Waals surface area contributed by atoms with Gasteiger partial charge in [-0.1, -0.05) is 13.0 Å². The Hall–Kier alpha value is -2.75. The van der Waals surface area contributed by atoms with Crippen LogP contribution in [0.3, 0.4) is 0 Å². The van der Waals surface area contributed by atoms with Crippen molar-refractivity contribution >= 4 is 16.7 Å². The first-order valence-corrected chi connectivity index (χ1v) is 8.07. The number of hydrogen-bond acceptors (Lipinski definition) is 4. The van der Waals surface area contributed by atoms with E-state index in [1.54, 1.807) is 0 Å². The van der Waals surface area contributed by atoms with Gasteiger partial charge in [0, 0.05) is 29.8 Å². The van der Waals surface area contributed by atoms with Gasteiger partial charge in [0.1, 0.15) is 11.3 Å². The van der Waals surface area contributed by atoms with Gasteiger partial charge in [-0.2, -0.15) is 0 Å². The van der Waals surface area contributed by atoms with Crippen LogP contribution >= 0.6 is 0 Å². The first-order chi connectivity index (χ1) is 11.5. The summed E-state index contributed by atoms with van der Waals surface area (Å²) in [6, 6.07) is 11.1. The summed E-state index contributed by atoms with van der Waals surface area (Å²) >= 11 is 0.